The highest BCUT2D eigenvalue weighted by Crippen LogP contribution is 2.18. The lowest BCUT2D eigenvalue weighted by molar-refractivity contribution is 0.407. The summed E-state index contributed by atoms with van der Waals surface area (Å²) in [4.78, 5) is 3.94. The van der Waals surface area contributed by atoms with Crippen LogP contribution in [-0.4, -0.2) is 10.1 Å². The molecule has 1 unspecified atom stereocenters. The van der Waals surface area contributed by atoms with Crippen LogP contribution in [0.5, 0.6) is 0 Å². The van der Waals surface area contributed by atoms with Gasteiger partial charge in [-0.2, -0.15) is 4.98 Å². The van der Waals surface area contributed by atoms with Crippen molar-refractivity contribution in [1.29, 1.82) is 0 Å². The molecule has 1 aromatic carbocycles. The lowest BCUT2D eigenvalue weighted by Crippen LogP contribution is -2.13. The van der Waals surface area contributed by atoms with Gasteiger partial charge in [-0.05, 0) is 30.5 Å². The molecular formula is C11H13N3O. The van der Waals surface area contributed by atoms with Crippen LogP contribution >= 0.6 is 0 Å². The van der Waals surface area contributed by atoms with Crippen LogP contribution in [0.3, 0.4) is 0 Å². The standard InChI is InChI=1S/C11H13N3O/c1-7-3-4-9(5-8(7)2)10(12)11-13-6-15-14-11/h3-6,10H,12H2,1-2H3. The Morgan fingerprint density at radius 1 is 1.27 bits per heavy atom. The molecule has 2 rings (SSSR count). The summed E-state index contributed by atoms with van der Waals surface area (Å²) in [5.74, 6) is 0.512. The number of hydrogen-bond acceptors (Lipinski definition) is 4. The van der Waals surface area contributed by atoms with E-state index in [4.69, 9.17) is 5.73 Å². The van der Waals surface area contributed by atoms with Gasteiger partial charge >= 0.3 is 0 Å². The maximum atomic E-state index is 5.99. The molecule has 15 heavy (non-hydrogen) atoms. The van der Waals surface area contributed by atoms with Crippen molar-refractivity contribution in [3.05, 3.63) is 47.1 Å². The molecule has 1 heterocycles. The van der Waals surface area contributed by atoms with Crippen LogP contribution in [-0.2, 0) is 0 Å². The van der Waals surface area contributed by atoms with Crippen LogP contribution in [0.1, 0.15) is 28.6 Å². The van der Waals surface area contributed by atoms with E-state index >= 15 is 0 Å². The third-order valence-corrected chi connectivity index (χ3v) is 2.55. The van der Waals surface area contributed by atoms with E-state index in [1.165, 1.54) is 17.5 Å². The number of aryl methyl sites for hydroxylation is 2. The maximum absolute atomic E-state index is 5.99. The van der Waals surface area contributed by atoms with Crippen LogP contribution in [0.2, 0.25) is 0 Å². The first-order chi connectivity index (χ1) is 7.18. The summed E-state index contributed by atoms with van der Waals surface area (Å²) in [5.41, 5.74) is 9.46. The minimum Gasteiger partial charge on any atom is -0.343 e. The fourth-order valence-corrected chi connectivity index (χ4v) is 1.42. The van der Waals surface area contributed by atoms with Crippen molar-refractivity contribution in [2.24, 2.45) is 5.73 Å². The minimum absolute atomic E-state index is 0.317. The fourth-order valence-electron chi connectivity index (χ4n) is 1.42. The Balaban J connectivity index is 2.34. The largest absolute Gasteiger partial charge is 0.343 e. The molecule has 78 valence electrons. The van der Waals surface area contributed by atoms with E-state index in [9.17, 15) is 0 Å². The molecule has 0 bridgehead atoms. The first kappa shape index (κ1) is 9.86. The van der Waals surface area contributed by atoms with Crippen molar-refractivity contribution in [2.45, 2.75) is 19.9 Å². The van der Waals surface area contributed by atoms with Crippen LogP contribution < -0.4 is 5.73 Å². The summed E-state index contributed by atoms with van der Waals surface area (Å²) in [7, 11) is 0. The zero-order valence-corrected chi connectivity index (χ0v) is 8.77. The predicted octanol–water partition coefficient (Wildman–Crippen LogP) is 1.73. The van der Waals surface area contributed by atoms with Crippen LogP contribution in [0, 0.1) is 13.8 Å². The van der Waals surface area contributed by atoms with Crippen molar-refractivity contribution in [3.8, 4) is 0 Å². The Bertz CT molecular complexity index is 451. The van der Waals surface area contributed by atoms with Crippen molar-refractivity contribution < 1.29 is 4.52 Å². The van der Waals surface area contributed by atoms with E-state index in [0.29, 0.717) is 5.82 Å². The molecule has 0 radical (unpaired) electrons. The smallest absolute Gasteiger partial charge is 0.213 e. The van der Waals surface area contributed by atoms with Gasteiger partial charge in [-0.3, -0.25) is 0 Å². The zero-order valence-electron chi connectivity index (χ0n) is 8.77. The lowest BCUT2D eigenvalue weighted by atomic mass is 10.0. The van der Waals surface area contributed by atoms with Gasteiger partial charge in [-0.1, -0.05) is 23.4 Å². The van der Waals surface area contributed by atoms with Crippen LogP contribution in [0.15, 0.2) is 29.1 Å². The van der Waals surface area contributed by atoms with Crippen LogP contribution in [0.4, 0.5) is 0 Å². The third-order valence-electron chi connectivity index (χ3n) is 2.55. The van der Waals surface area contributed by atoms with Gasteiger partial charge in [-0.15, -0.1) is 0 Å². The predicted molar refractivity (Wildman–Crippen MR) is 56.2 cm³/mol. The van der Waals surface area contributed by atoms with E-state index in [1.54, 1.807) is 0 Å². The second kappa shape index (κ2) is 3.82. The molecule has 0 amide bonds. The maximum Gasteiger partial charge on any atom is 0.213 e. The topological polar surface area (TPSA) is 64.9 Å². The highest BCUT2D eigenvalue weighted by molar-refractivity contribution is 5.33. The van der Waals surface area contributed by atoms with Gasteiger partial charge in [0.15, 0.2) is 5.82 Å². The molecule has 2 N–H and O–H groups in total. The molecule has 4 nitrogen and oxygen atoms in total. The number of nitrogens with two attached hydrogens (primary N) is 1. The Labute approximate surface area is 88.1 Å². The molecule has 0 aliphatic heterocycles. The summed E-state index contributed by atoms with van der Waals surface area (Å²) in [6.07, 6.45) is 1.29. The summed E-state index contributed by atoms with van der Waals surface area (Å²) >= 11 is 0. The van der Waals surface area contributed by atoms with E-state index in [2.05, 4.69) is 34.6 Å². The molecule has 0 aliphatic carbocycles. The molecule has 0 aliphatic rings. The van der Waals surface area contributed by atoms with Crippen molar-refractivity contribution in [3.63, 3.8) is 0 Å². The zero-order chi connectivity index (χ0) is 10.8. The van der Waals surface area contributed by atoms with E-state index < -0.39 is 0 Å². The van der Waals surface area contributed by atoms with Crippen molar-refractivity contribution >= 4 is 0 Å². The third kappa shape index (κ3) is 1.89. The first-order valence-corrected chi connectivity index (χ1v) is 4.77. The van der Waals surface area contributed by atoms with Gasteiger partial charge in [0.25, 0.3) is 0 Å². The Morgan fingerprint density at radius 2 is 2.07 bits per heavy atom. The van der Waals surface area contributed by atoms with Gasteiger partial charge in [0.1, 0.15) is 0 Å². The molecule has 4 heteroatoms. The molecule has 2 aromatic rings. The normalized spacial score (nSPS) is 12.7. The van der Waals surface area contributed by atoms with Crippen LogP contribution in [0.25, 0.3) is 0 Å². The molecular weight excluding hydrogens is 190 g/mol. The average Bonchev–Trinajstić information content (AvgIpc) is 2.74. The Morgan fingerprint density at radius 3 is 2.67 bits per heavy atom. The number of benzene rings is 1. The average molecular weight is 203 g/mol. The van der Waals surface area contributed by atoms with E-state index in [0.717, 1.165) is 5.56 Å². The molecule has 0 saturated heterocycles. The second-order valence-electron chi connectivity index (χ2n) is 3.61. The SMILES string of the molecule is Cc1ccc(C(N)c2ncon2)cc1C. The highest BCUT2D eigenvalue weighted by atomic mass is 16.5. The Kier molecular flexibility index (Phi) is 2.51. The van der Waals surface area contributed by atoms with Gasteiger partial charge in [0, 0.05) is 0 Å². The lowest BCUT2D eigenvalue weighted by Gasteiger charge is -2.09. The fraction of sp³-hybridized carbons (Fsp3) is 0.273. The summed E-state index contributed by atoms with van der Waals surface area (Å²) in [6.45, 7) is 4.13. The monoisotopic (exact) mass is 203 g/mol. The number of rotatable bonds is 2. The van der Waals surface area contributed by atoms with Gasteiger partial charge < -0.3 is 10.3 Å². The highest BCUT2D eigenvalue weighted by Gasteiger charge is 2.13. The molecule has 0 spiro atoms. The van der Waals surface area contributed by atoms with E-state index in [1.807, 2.05) is 12.1 Å². The van der Waals surface area contributed by atoms with E-state index in [-0.39, 0.29) is 6.04 Å². The Hall–Kier alpha value is -1.68. The van der Waals surface area contributed by atoms with Gasteiger partial charge in [0.2, 0.25) is 6.39 Å². The van der Waals surface area contributed by atoms with Crippen molar-refractivity contribution in [1.82, 2.24) is 10.1 Å². The van der Waals surface area contributed by atoms with Crippen molar-refractivity contribution in [2.75, 3.05) is 0 Å². The summed E-state index contributed by atoms with van der Waals surface area (Å²) < 4.78 is 4.67. The van der Waals surface area contributed by atoms with Gasteiger partial charge in [-0.25, -0.2) is 0 Å². The first-order valence-electron chi connectivity index (χ1n) is 4.77. The molecule has 1 atom stereocenters. The molecule has 0 fully saturated rings. The molecule has 0 saturated carbocycles. The number of aromatic nitrogens is 2. The second-order valence-corrected chi connectivity index (χ2v) is 3.61. The summed E-state index contributed by atoms with van der Waals surface area (Å²) in [6, 6.07) is 5.77. The van der Waals surface area contributed by atoms with Gasteiger partial charge in [0.05, 0.1) is 6.04 Å². The quantitative estimate of drug-likeness (QED) is 0.807. The number of nitrogens with zero attached hydrogens (tertiary/aromatic N) is 2. The summed E-state index contributed by atoms with van der Waals surface area (Å²) in [5, 5.41) is 3.73. The number of hydrogen-bond donors (Lipinski definition) is 1. The molecule has 1 aromatic heterocycles. The minimum atomic E-state index is -0.317.